The average molecular weight is 145 g/mol. The van der Waals surface area contributed by atoms with Crippen LogP contribution in [-0.2, 0) is 4.79 Å². The van der Waals surface area contributed by atoms with Gasteiger partial charge in [0, 0.05) is 13.0 Å². The van der Waals surface area contributed by atoms with E-state index >= 15 is 0 Å². The first kappa shape index (κ1) is 9.43. The highest BCUT2D eigenvalue weighted by atomic mass is 16.3. The van der Waals surface area contributed by atoms with Gasteiger partial charge in [0.05, 0.1) is 6.10 Å². The van der Waals surface area contributed by atoms with Crippen molar-refractivity contribution < 1.29 is 9.90 Å². The standard InChI is InChI=1S/C5H9NO2.C2H6/c7-4-1-2-5(8)6-3-4;1-2/h4,7H,1-3H2,(H,6,8);1-2H3. The van der Waals surface area contributed by atoms with E-state index in [4.69, 9.17) is 5.11 Å². The SMILES string of the molecule is CC.O=C1CCC(O)CN1. The third kappa shape index (κ3) is 3.45. The second-order valence-corrected chi connectivity index (χ2v) is 2.00. The maximum atomic E-state index is 10.4. The first-order chi connectivity index (χ1) is 4.79. The molecule has 0 aromatic heterocycles. The molecule has 1 amide bonds. The highest BCUT2D eigenvalue weighted by molar-refractivity contribution is 5.76. The predicted octanol–water partition coefficient (Wildman–Crippen LogP) is 0.283. The number of carbonyl (C=O) groups excluding carboxylic acids is 1. The lowest BCUT2D eigenvalue weighted by Crippen LogP contribution is -2.37. The van der Waals surface area contributed by atoms with Crippen LogP contribution in [0.1, 0.15) is 26.7 Å². The van der Waals surface area contributed by atoms with E-state index in [1.165, 1.54) is 0 Å². The number of piperidine rings is 1. The van der Waals surface area contributed by atoms with Gasteiger partial charge in [-0.25, -0.2) is 0 Å². The molecule has 0 bridgehead atoms. The second kappa shape index (κ2) is 5.23. The summed E-state index contributed by atoms with van der Waals surface area (Å²) in [5.41, 5.74) is 0. The number of nitrogens with one attached hydrogen (secondary N) is 1. The maximum Gasteiger partial charge on any atom is 0.220 e. The zero-order valence-electron chi connectivity index (χ0n) is 6.55. The van der Waals surface area contributed by atoms with Gasteiger partial charge in [-0.05, 0) is 6.42 Å². The van der Waals surface area contributed by atoms with E-state index in [9.17, 15) is 4.79 Å². The number of hydrogen-bond acceptors (Lipinski definition) is 2. The molecule has 1 rings (SSSR count). The highest BCUT2D eigenvalue weighted by Gasteiger charge is 2.13. The Hall–Kier alpha value is -0.570. The van der Waals surface area contributed by atoms with Crippen LogP contribution in [0.3, 0.4) is 0 Å². The van der Waals surface area contributed by atoms with E-state index in [1.54, 1.807) is 0 Å². The van der Waals surface area contributed by atoms with Gasteiger partial charge in [-0.1, -0.05) is 13.8 Å². The van der Waals surface area contributed by atoms with Crippen molar-refractivity contribution in [2.24, 2.45) is 0 Å². The Labute approximate surface area is 61.4 Å². The molecule has 10 heavy (non-hydrogen) atoms. The van der Waals surface area contributed by atoms with Crippen LogP contribution in [-0.4, -0.2) is 23.7 Å². The molecule has 1 fully saturated rings. The summed E-state index contributed by atoms with van der Waals surface area (Å²) >= 11 is 0. The summed E-state index contributed by atoms with van der Waals surface area (Å²) in [5, 5.41) is 11.4. The number of aliphatic hydroxyl groups excluding tert-OH is 1. The van der Waals surface area contributed by atoms with Crippen molar-refractivity contribution in [2.75, 3.05) is 6.54 Å². The molecule has 3 nitrogen and oxygen atoms in total. The molecule has 60 valence electrons. The maximum absolute atomic E-state index is 10.4. The zero-order valence-corrected chi connectivity index (χ0v) is 6.55. The van der Waals surface area contributed by atoms with E-state index in [0.717, 1.165) is 0 Å². The first-order valence-electron chi connectivity index (χ1n) is 3.74. The number of rotatable bonds is 0. The molecule has 0 radical (unpaired) electrons. The molecule has 0 spiro atoms. The Morgan fingerprint density at radius 1 is 1.60 bits per heavy atom. The lowest BCUT2D eigenvalue weighted by atomic mass is 10.1. The predicted molar refractivity (Wildman–Crippen MR) is 39.6 cm³/mol. The largest absolute Gasteiger partial charge is 0.391 e. The molecule has 1 saturated heterocycles. The fourth-order valence-corrected chi connectivity index (χ4v) is 0.720. The van der Waals surface area contributed by atoms with Crippen LogP contribution in [0.15, 0.2) is 0 Å². The summed E-state index contributed by atoms with van der Waals surface area (Å²) in [5.74, 6) is 0.0512. The molecule has 3 heteroatoms. The fraction of sp³-hybridized carbons (Fsp3) is 0.857. The third-order valence-corrected chi connectivity index (χ3v) is 1.24. The van der Waals surface area contributed by atoms with Gasteiger partial charge in [0.15, 0.2) is 0 Å². The summed E-state index contributed by atoms with van der Waals surface area (Å²) in [4.78, 5) is 10.4. The van der Waals surface area contributed by atoms with Gasteiger partial charge < -0.3 is 10.4 Å². The van der Waals surface area contributed by atoms with Crippen LogP contribution in [0, 0.1) is 0 Å². The van der Waals surface area contributed by atoms with E-state index < -0.39 is 0 Å². The minimum Gasteiger partial charge on any atom is -0.391 e. The van der Waals surface area contributed by atoms with Crippen molar-refractivity contribution in [3.63, 3.8) is 0 Å². The van der Waals surface area contributed by atoms with Crippen molar-refractivity contribution in [1.29, 1.82) is 0 Å². The van der Waals surface area contributed by atoms with Crippen LogP contribution in [0.2, 0.25) is 0 Å². The lowest BCUT2D eigenvalue weighted by Gasteiger charge is -2.16. The van der Waals surface area contributed by atoms with Crippen LogP contribution in [0.4, 0.5) is 0 Å². The first-order valence-corrected chi connectivity index (χ1v) is 3.74. The van der Waals surface area contributed by atoms with Crippen molar-refractivity contribution >= 4 is 5.91 Å². The smallest absolute Gasteiger partial charge is 0.220 e. The number of aliphatic hydroxyl groups is 1. The van der Waals surface area contributed by atoms with Crippen LogP contribution < -0.4 is 5.32 Å². The van der Waals surface area contributed by atoms with E-state index in [1.807, 2.05) is 13.8 Å². The molecule has 1 aliphatic heterocycles. The van der Waals surface area contributed by atoms with Crippen molar-refractivity contribution in [3.05, 3.63) is 0 Å². The number of amides is 1. The summed E-state index contributed by atoms with van der Waals surface area (Å²) < 4.78 is 0. The molecular formula is C7H15NO2. The molecule has 1 aliphatic rings. The average Bonchev–Trinajstić information content (AvgIpc) is 2.00. The van der Waals surface area contributed by atoms with Crippen LogP contribution in [0.5, 0.6) is 0 Å². The highest BCUT2D eigenvalue weighted by Crippen LogP contribution is 2.00. The monoisotopic (exact) mass is 145 g/mol. The molecule has 0 saturated carbocycles. The van der Waals surface area contributed by atoms with Crippen molar-refractivity contribution in [3.8, 4) is 0 Å². The Bertz CT molecular complexity index is 93.8. The van der Waals surface area contributed by atoms with E-state index in [2.05, 4.69) is 5.32 Å². The van der Waals surface area contributed by atoms with Gasteiger partial charge in [0.1, 0.15) is 0 Å². The molecular weight excluding hydrogens is 130 g/mol. The number of carbonyl (C=O) groups is 1. The summed E-state index contributed by atoms with van der Waals surface area (Å²) in [6.45, 7) is 4.43. The molecule has 1 unspecified atom stereocenters. The minimum absolute atomic E-state index is 0.0512. The number of β-amino-alcohol motifs (C(OH)–C–C–N with tert-alkyl or cyclic N) is 1. The third-order valence-electron chi connectivity index (χ3n) is 1.24. The van der Waals surface area contributed by atoms with Gasteiger partial charge in [-0.15, -0.1) is 0 Å². The quantitative estimate of drug-likeness (QED) is 0.514. The Balaban J connectivity index is 0.000000371. The molecule has 1 atom stereocenters. The topological polar surface area (TPSA) is 49.3 Å². The molecule has 2 N–H and O–H groups in total. The van der Waals surface area contributed by atoms with Crippen LogP contribution in [0.25, 0.3) is 0 Å². The Morgan fingerprint density at radius 3 is 2.50 bits per heavy atom. The Kier molecular flexibility index (Phi) is 4.94. The number of hydrogen-bond donors (Lipinski definition) is 2. The van der Waals surface area contributed by atoms with Crippen LogP contribution >= 0.6 is 0 Å². The zero-order chi connectivity index (χ0) is 7.98. The second-order valence-electron chi connectivity index (χ2n) is 2.00. The van der Waals surface area contributed by atoms with Crippen molar-refractivity contribution in [1.82, 2.24) is 5.32 Å². The summed E-state index contributed by atoms with van der Waals surface area (Å²) in [7, 11) is 0. The summed E-state index contributed by atoms with van der Waals surface area (Å²) in [6.07, 6.45) is 0.778. The molecule has 0 aromatic rings. The van der Waals surface area contributed by atoms with E-state index in [0.29, 0.717) is 19.4 Å². The minimum atomic E-state index is -0.312. The normalized spacial score (nSPS) is 24.3. The van der Waals surface area contributed by atoms with Gasteiger partial charge in [-0.3, -0.25) is 4.79 Å². The van der Waals surface area contributed by atoms with Gasteiger partial charge in [0.2, 0.25) is 5.91 Å². The van der Waals surface area contributed by atoms with E-state index in [-0.39, 0.29) is 12.0 Å². The van der Waals surface area contributed by atoms with Gasteiger partial charge in [-0.2, -0.15) is 0 Å². The van der Waals surface area contributed by atoms with Gasteiger partial charge >= 0.3 is 0 Å². The van der Waals surface area contributed by atoms with Crippen molar-refractivity contribution in [2.45, 2.75) is 32.8 Å². The fourth-order valence-electron chi connectivity index (χ4n) is 0.720. The molecule has 0 aromatic carbocycles. The molecule has 1 heterocycles. The van der Waals surface area contributed by atoms with Gasteiger partial charge in [0.25, 0.3) is 0 Å². The lowest BCUT2D eigenvalue weighted by molar-refractivity contribution is -0.123. The molecule has 0 aliphatic carbocycles. The summed E-state index contributed by atoms with van der Waals surface area (Å²) in [6, 6.07) is 0. The Morgan fingerprint density at radius 2 is 2.20 bits per heavy atom.